The van der Waals surface area contributed by atoms with E-state index in [0.717, 1.165) is 44.4 Å². The predicted molar refractivity (Wildman–Crippen MR) is 120 cm³/mol. The van der Waals surface area contributed by atoms with Gasteiger partial charge in [0.2, 0.25) is 0 Å². The van der Waals surface area contributed by atoms with Crippen molar-refractivity contribution < 1.29 is 0 Å². The minimum absolute atomic E-state index is 0.0164. The first-order valence-corrected chi connectivity index (χ1v) is 11.4. The molecule has 0 unspecified atom stereocenters. The zero-order valence-electron chi connectivity index (χ0n) is 17.0. The summed E-state index contributed by atoms with van der Waals surface area (Å²) in [6.07, 6.45) is 4.05. The molecule has 4 rings (SSSR count). The SMILES string of the molecule is CCc1c(C)sc2nc(SCCn3cncn3)n(-c3ccc(C)c(C)c3)c(=O)c12. The first kappa shape index (κ1) is 19.8. The van der Waals surface area contributed by atoms with Crippen LogP contribution in [0.25, 0.3) is 15.9 Å². The van der Waals surface area contributed by atoms with E-state index in [1.807, 2.05) is 6.07 Å². The van der Waals surface area contributed by atoms with Crippen LogP contribution in [-0.4, -0.2) is 30.1 Å². The Morgan fingerprint density at radius 2 is 2.00 bits per heavy atom. The molecule has 0 fully saturated rings. The van der Waals surface area contributed by atoms with Gasteiger partial charge in [0.05, 0.1) is 17.6 Å². The van der Waals surface area contributed by atoms with Gasteiger partial charge in [0, 0.05) is 10.6 Å². The molecule has 0 bridgehead atoms. The Morgan fingerprint density at radius 3 is 2.69 bits per heavy atom. The van der Waals surface area contributed by atoms with Crippen LogP contribution in [0.2, 0.25) is 0 Å². The molecule has 3 aromatic heterocycles. The van der Waals surface area contributed by atoms with Crippen molar-refractivity contribution in [3.05, 3.63) is 62.8 Å². The third-order valence-electron chi connectivity index (χ3n) is 5.12. The van der Waals surface area contributed by atoms with Gasteiger partial charge in [0.15, 0.2) is 5.16 Å². The highest BCUT2D eigenvalue weighted by molar-refractivity contribution is 7.99. The summed E-state index contributed by atoms with van der Waals surface area (Å²) in [5, 5.41) is 5.62. The van der Waals surface area contributed by atoms with Crippen LogP contribution in [0.4, 0.5) is 0 Å². The molecule has 0 saturated carbocycles. The molecule has 0 spiro atoms. The normalized spacial score (nSPS) is 11.4. The van der Waals surface area contributed by atoms with Crippen molar-refractivity contribution in [2.75, 3.05) is 5.75 Å². The van der Waals surface area contributed by atoms with E-state index in [0.29, 0.717) is 6.54 Å². The molecule has 0 atom stereocenters. The number of aryl methyl sites for hydroxylation is 5. The van der Waals surface area contributed by atoms with E-state index < -0.39 is 0 Å². The summed E-state index contributed by atoms with van der Waals surface area (Å²) in [5.74, 6) is 0.747. The average Bonchev–Trinajstić information content (AvgIpc) is 3.31. The van der Waals surface area contributed by atoms with Crippen molar-refractivity contribution in [1.82, 2.24) is 24.3 Å². The van der Waals surface area contributed by atoms with Gasteiger partial charge in [-0.1, -0.05) is 24.8 Å². The summed E-state index contributed by atoms with van der Waals surface area (Å²) >= 11 is 3.18. The van der Waals surface area contributed by atoms with Gasteiger partial charge in [-0.3, -0.25) is 14.0 Å². The molecule has 0 aliphatic carbocycles. The molecule has 150 valence electrons. The first-order valence-electron chi connectivity index (χ1n) is 9.57. The Balaban J connectivity index is 1.85. The van der Waals surface area contributed by atoms with Crippen LogP contribution in [-0.2, 0) is 13.0 Å². The van der Waals surface area contributed by atoms with Crippen LogP contribution in [0.5, 0.6) is 0 Å². The Bertz CT molecular complexity index is 1220. The van der Waals surface area contributed by atoms with Crippen molar-refractivity contribution >= 4 is 33.3 Å². The summed E-state index contributed by atoms with van der Waals surface area (Å²) in [6, 6.07) is 6.13. The second kappa shape index (κ2) is 8.12. The van der Waals surface area contributed by atoms with Crippen molar-refractivity contribution in [2.24, 2.45) is 0 Å². The maximum absolute atomic E-state index is 13.6. The maximum Gasteiger partial charge on any atom is 0.267 e. The van der Waals surface area contributed by atoms with E-state index in [4.69, 9.17) is 4.98 Å². The lowest BCUT2D eigenvalue weighted by Gasteiger charge is -2.14. The molecule has 0 N–H and O–H groups in total. The van der Waals surface area contributed by atoms with Crippen molar-refractivity contribution in [1.29, 1.82) is 0 Å². The van der Waals surface area contributed by atoms with Gasteiger partial charge in [-0.25, -0.2) is 9.97 Å². The van der Waals surface area contributed by atoms with Crippen LogP contribution in [0.3, 0.4) is 0 Å². The topological polar surface area (TPSA) is 65.6 Å². The van der Waals surface area contributed by atoms with Gasteiger partial charge in [-0.15, -0.1) is 11.3 Å². The molecular formula is C21H23N5OS2. The molecule has 0 aliphatic rings. The minimum Gasteiger partial charge on any atom is -0.268 e. The lowest BCUT2D eigenvalue weighted by atomic mass is 10.1. The number of thiophene rings is 1. The second-order valence-corrected chi connectivity index (χ2v) is 9.25. The molecule has 29 heavy (non-hydrogen) atoms. The Kier molecular flexibility index (Phi) is 5.56. The zero-order valence-corrected chi connectivity index (χ0v) is 18.6. The summed E-state index contributed by atoms with van der Waals surface area (Å²) in [6.45, 7) is 9.01. The van der Waals surface area contributed by atoms with Gasteiger partial charge in [0.25, 0.3) is 5.56 Å². The number of hydrogen-bond donors (Lipinski definition) is 0. The Labute approximate surface area is 177 Å². The van der Waals surface area contributed by atoms with Crippen molar-refractivity contribution in [2.45, 2.75) is 45.8 Å². The molecular weight excluding hydrogens is 402 g/mol. The van der Waals surface area contributed by atoms with Crippen molar-refractivity contribution in [3.8, 4) is 5.69 Å². The fourth-order valence-electron chi connectivity index (χ4n) is 3.39. The highest BCUT2D eigenvalue weighted by atomic mass is 32.2. The van der Waals surface area contributed by atoms with Gasteiger partial charge in [-0.05, 0) is 56.0 Å². The smallest absolute Gasteiger partial charge is 0.267 e. The van der Waals surface area contributed by atoms with Crippen molar-refractivity contribution in [3.63, 3.8) is 0 Å². The number of hydrogen-bond acceptors (Lipinski definition) is 6. The summed E-state index contributed by atoms with van der Waals surface area (Å²) < 4.78 is 3.56. The first-order chi connectivity index (χ1) is 14.0. The number of aromatic nitrogens is 5. The van der Waals surface area contributed by atoms with Crippen LogP contribution >= 0.6 is 23.1 Å². The maximum atomic E-state index is 13.6. The monoisotopic (exact) mass is 425 g/mol. The van der Waals surface area contributed by atoms with Gasteiger partial charge in [-0.2, -0.15) is 5.10 Å². The van der Waals surface area contributed by atoms with E-state index in [1.165, 1.54) is 16.8 Å². The highest BCUT2D eigenvalue weighted by Gasteiger charge is 2.19. The van der Waals surface area contributed by atoms with E-state index >= 15 is 0 Å². The minimum atomic E-state index is 0.0164. The predicted octanol–water partition coefficient (Wildman–Crippen LogP) is 4.32. The van der Waals surface area contributed by atoms with E-state index in [-0.39, 0.29) is 5.56 Å². The van der Waals surface area contributed by atoms with Crippen LogP contribution in [0.1, 0.15) is 28.5 Å². The standard InChI is InChI=1S/C21H23N5OS2/c1-5-17-15(4)29-19-18(17)20(27)26(16-7-6-13(2)14(3)10-16)21(24-19)28-9-8-25-12-22-11-23-25/h6-7,10-12H,5,8-9H2,1-4H3. The largest absolute Gasteiger partial charge is 0.268 e. The number of nitrogens with zero attached hydrogens (tertiary/aromatic N) is 5. The number of fused-ring (bicyclic) bond motifs is 1. The number of benzene rings is 1. The number of rotatable bonds is 6. The highest BCUT2D eigenvalue weighted by Crippen LogP contribution is 2.30. The van der Waals surface area contributed by atoms with Crippen LogP contribution < -0.4 is 5.56 Å². The Hall–Kier alpha value is -2.45. The van der Waals surface area contributed by atoms with Crippen LogP contribution in [0, 0.1) is 20.8 Å². The average molecular weight is 426 g/mol. The third-order valence-corrected chi connectivity index (χ3v) is 7.08. The lowest BCUT2D eigenvalue weighted by Crippen LogP contribution is -2.22. The van der Waals surface area contributed by atoms with Crippen LogP contribution in [0.15, 0.2) is 40.8 Å². The second-order valence-electron chi connectivity index (χ2n) is 6.98. The van der Waals surface area contributed by atoms with Gasteiger partial charge >= 0.3 is 0 Å². The molecule has 3 heterocycles. The van der Waals surface area contributed by atoms with Gasteiger partial charge < -0.3 is 0 Å². The molecule has 0 saturated heterocycles. The zero-order chi connectivity index (χ0) is 20.5. The Morgan fingerprint density at radius 1 is 1.17 bits per heavy atom. The fourth-order valence-corrected chi connectivity index (χ4v) is 5.49. The summed E-state index contributed by atoms with van der Waals surface area (Å²) in [7, 11) is 0. The van der Waals surface area contributed by atoms with Gasteiger partial charge in [0.1, 0.15) is 17.5 Å². The van der Waals surface area contributed by atoms with E-state index in [9.17, 15) is 4.79 Å². The lowest BCUT2D eigenvalue weighted by molar-refractivity contribution is 0.663. The third kappa shape index (κ3) is 3.74. The molecule has 6 nitrogen and oxygen atoms in total. The van der Waals surface area contributed by atoms with E-state index in [2.05, 4.69) is 49.9 Å². The quantitative estimate of drug-likeness (QED) is 0.340. The molecule has 0 amide bonds. The summed E-state index contributed by atoms with van der Waals surface area (Å²) in [5.41, 5.74) is 4.35. The molecule has 0 aliphatic heterocycles. The molecule has 0 radical (unpaired) electrons. The fraction of sp³-hybridized carbons (Fsp3) is 0.333. The molecule has 8 heteroatoms. The summed E-state index contributed by atoms with van der Waals surface area (Å²) in [4.78, 5) is 24.5. The molecule has 4 aromatic rings. The number of thioether (sulfide) groups is 1. The van der Waals surface area contributed by atoms with E-state index in [1.54, 1.807) is 38.7 Å². The molecule has 1 aromatic carbocycles.